The summed E-state index contributed by atoms with van der Waals surface area (Å²) in [7, 11) is 0. The van der Waals surface area contributed by atoms with E-state index in [4.69, 9.17) is 12.2 Å². The summed E-state index contributed by atoms with van der Waals surface area (Å²) in [5.41, 5.74) is 2.82. The first-order valence-corrected chi connectivity index (χ1v) is 8.45. The molecule has 0 aliphatic heterocycles. The van der Waals surface area contributed by atoms with Crippen molar-refractivity contribution >= 4 is 23.0 Å². The van der Waals surface area contributed by atoms with Crippen LogP contribution in [-0.2, 0) is 6.42 Å². The number of aryl methyl sites for hydroxylation is 1. The Bertz CT molecular complexity index is 478. The first-order chi connectivity index (χ1) is 9.88. The van der Waals surface area contributed by atoms with Gasteiger partial charge < -0.3 is 10.6 Å². The van der Waals surface area contributed by atoms with E-state index < -0.39 is 0 Å². The lowest BCUT2D eigenvalue weighted by atomic mass is 9.71. The smallest absolute Gasteiger partial charge is 0.170 e. The minimum absolute atomic E-state index is 0.410. The van der Waals surface area contributed by atoms with Crippen LogP contribution in [0.2, 0.25) is 0 Å². The second kappa shape index (κ2) is 6.78. The van der Waals surface area contributed by atoms with Crippen molar-refractivity contribution in [3.63, 3.8) is 0 Å². The molecule has 21 heavy (non-hydrogen) atoms. The van der Waals surface area contributed by atoms with Gasteiger partial charge in [0.15, 0.2) is 5.11 Å². The fourth-order valence-corrected chi connectivity index (χ4v) is 3.92. The van der Waals surface area contributed by atoms with E-state index in [1.165, 1.54) is 24.8 Å². The van der Waals surface area contributed by atoms with Gasteiger partial charge >= 0.3 is 0 Å². The molecule has 0 radical (unpaired) electrons. The molecule has 1 fully saturated rings. The summed E-state index contributed by atoms with van der Waals surface area (Å²) in [6.45, 7) is 9.23. The van der Waals surface area contributed by atoms with Gasteiger partial charge in [0.25, 0.3) is 0 Å². The Morgan fingerprint density at radius 1 is 1.24 bits per heavy atom. The Morgan fingerprint density at radius 3 is 2.48 bits per heavy atom. The van der Waals surface area contributed by atoms with Crippen LogP contribution in [0.3, 0.4) is 0 Å². The second-order valence-corrected chi connectivity index (χ2v) is 7.67. The van der Waals surface area contributed by atoms with Gasteiger partial charge in [0.05, 0.1) is 0 Å². The lowest BCUT2D eigenvalue weighted by molar-refractivity contribution is 0.162. The molecule has 116 valence electrons. The molecular formula is C18H28N2S. The van der Waals surface area contributed by atoms with E-state index in [2.05, 4.69) is 62.6 Å². The SMILES string of the molecule is CCc1ccc(NC(=S)NC2CC(C)CC(C)(C)C2)cc1. The maximum absolute atomic E-state index is 5.47. The Morgan fingerprint density at radius 2 is 1.90 bits per heavy atom. The molecular weight excluding hydrogens is 276 g/mol. The Kier molecular flexibility index (Phi) is 5.26. The van der Waals surface area contributed by atoms with Crippen molar-refractivity contribution in [3.05, 3.63) is 29.8 Å². The highest BCUT2D eigenvalue weighted by atomic mass is 32.1. The number of rotatable bonds is 3. The van der Waals surface area contributed by atoms with Crippen molar-refractivity contribution in [2.45, 2.75) is 59.4 Å². The lowest BCUT2D eigenvalue weighted by Gasteiger charge is -2.39. The third-order valence-electron chi connectivity index (χ3n) is 4.34. The van der Waals surface area contributed by atoms with Crippen LogP contribution in [0.25, 0.3) is 0 Å². The summed E-state index contributed by atoms with van der Waals surface area (Å²) in [5, 5.41) is 7.55. The molecule has 1 aromatic carbocycles. The zero-order chi connectivity index (χ0) is 15.5. The average molecular weight is 305 g/mol. The standard InChI is InChI=1S/C18H28N2S/c1-5-14-6-8-15(9-7-14)19-17(21)20-16-10-13(2)11-18(3,4)12-16/h6-9,13,16H,5,10-12H2,1-4H3,(H2,19,20,21). The van der Waals surface area contributed by atoms with Gasteiger partial charge in [0.2, 0.25) is 0 Å². The largest absolute Gasteiger partial charge is 0.360 e. The highest BCUT2D eigenvalue weighted by molar-refractivity contribution is 7.80. The molecule has 0 amide bonds. The molecule has 1 aromatic rings. The van der Waals surface area contributed by atoms with E-state index in [1.807, 2.05) is 0 Å². The molecule has 0 heterocycles. The van der Waals surface area contributed by atoms with Crippen LogP contribution in [-0.4, -0.2) is 11.2 Å². The van der Waals surface area contributed by atoms with Crippen molar-refractivity contribution in [2.24, 2.45) is 11.3 Å². The van der Waals surface area contributed by atoms with E-state index >= 15 is 0 Å². The minimum Gasteiger partial charge on any atom is -0.360 e. The van der Waals surface area contributed by atoms with E-state index in [1.54, 1.807) is 0 Å². The van der Waals surface area contributed by atoms with Crippen molar-refractivity contribution in [2.75, 3.05) is 5.32 Å². The van der Waals surface area contributed by atoms with E-state index in [0.717, 1.165) is 23.1 Å². The molecule has 2 nitrogen and oxygen atoms in total. The van der Waals surface area contributed by atoms with Crippen LogP contribution in [0.1, 0.15) is 52.5 Å². The lowest BCUT2D eigenvalue weighted by Crippen LogP contribution is -2.44. The summed E-state index contributed by atoms with van der Waals surface area (Å²) in [5.74, 6) is 0.762. The number of anilines is 1. The molecule has 2 unspecified atom stereocenters. The summed E-state index contributed by atoms with van der Waals surface area (Å²) in [4.78, 5) is 0. The molecule has 3 heteroatoms. The number of hydrogen-bond acceptors (Lipinski definition) is 1. The molecule has 2 rings (SSSR count). The Labute approximate surface area is 134 Å². The molecule has 1 saturated carbocycles. The van der Waals surface area contributed by atoms with Crippen molar-refractivity contribution in [1.82, 2.24) is 5.32 Å². The molecule has 0 aromatic heterocycles. The predicted octanol–water partition coefficient (Wildman–Crippen LogP) is 4.75. The second-order valence-electron chi connectivity index (χ2n) is 7.26. The van der Waals surface area contributed by atoms with Crippen molar-refractivity contribution in [1.29, 1.82) is 0 Å². The maximum Gasteiger partial charge on any atom is 0.170 e. The normalized spacial score (nSPS) is 24.4. The van der Waals surface area contributed by atoms with E-state index in [-0.39, 0.29) is 0 Å². The van der Waals surface area contributed by atoms with Crippen LogP contribution in [0, 0.1) is 11.3 Å². The van der Waals surface area contributed by atoms with Gasteiger partial charge in [-0.05, 0) is 66.9 Å². The Hall–Kier alpha value is -1.09. The van der Waals surface area contributed by atoms with Crippen LogP contribution in [0.4, 0.5) is 5.69 Å². The molecule has 1 aliphatic rings. The van der Waals surface area contributed by atoms with E-state index in [0.29, 0.717) is 11.5 Å². The molecule has 2 atom stereocenters. The number of nitrogens with one attached hydrogen (secondary N) is 2. The first-order valence-electron chi connectivity index (χ1n) is 8.04. The quantitative estimate of drug-likeness (QED) is 0.788. The molecule has 2 N–H and O–H groups in total. The van der Waals surface area contributed by atoms with Crippen LogP contribution >= 0.6 is 12.2 Å². The average Bonchev–Trinajstić information content (AvgIpc) is 2.36. The maximum atomic E-state index is 5.47. The van der Waals surface area contributed by atoms with Gasteiger partial charge in [-0.25, -0.2) is 0 Å². The topological polar surface area (TPSA) is 24.1 Å². The minimum atomic E-state index is 0.410. The number of thiocarbonyl (C=S) groups is 1. The fraction of sp³-hybridized carbons (Fsp3) is 0.611. The van der Waals surface area contributed by atoms with Gasteiger partial charge in [-0.3, -0.25) is 0 Å². The van der Waals surface area contributed by atoms with Gasteiger partial charge in [-0.1, -0.05) is 39.8 Å². The van der Waals surface area contributed by atoms with Crippen LogP contribution in [0.5, 0.6) is 0 Å². The Balaban J connectivity index is 1.88. The van der Waals surface area contributed by atoms with Crippen LogP contribution < -0.4 is 10.6 Å². The number of benzene rings is 1. The van der Waals surface area contributed by atoms with Gasteiger partial charge in [-0.2, -0.15) is 0 Å². The molecule has 0 bridgehead atoms. The van der Waals surface area contributed by atoms with Crippen molar-refractivity contribution in [3.8, 4) is 0 Å². The first kappa shape index (κ1) is 16.3. The third-order valence-corrected chi connectivity index (χ3v) is 4.56. The zero-order valence-electron chi connectivity index (χ0n) is 13.7. The molecule has 0 saturated heterocycles. The number of hydrogen-bond donors (Lipinski definition) is 2. The van der Waals surface area contributed by atoms with Gasteiger partial charge in [0, 0.05) is 11.7 Å². The van der Waals surface area contributed by atoms with Gasteiger partial charge in [-0.15, -0.1) is 0 Å². The predicted molar refractivity (Wildman–Crippen MR) is 95.8 cm³/mol. The summed E-state index contributed by atoms with van der Waals surface area (Å²) in [6, 6.07) is 8.98. The summed E-state index contributed by atoms with van der Waals surface area (Å²) in [6.07, 6.45) is 4.77. The van der Waals surface area contributed by atoms with Gasteiger partial charge in [0.1, 0.15) is 0 Å². The zero-order valence-corrected chi connectivity index (χ0v) is 14.5. The van der Waals surface area contributed by atoms with Crippen molar-refractivity contribution < 1.29 is 0 Å². The highest BCUT2D eigenvalue weighted by Crippen LogP contribution is 2.38. The molecule has 1 aliphatic carbocycles. The van der Waals surface area contributed by atoms with E-state index in [9.17, 15) is 0 Å². The fourth-order valence-electron chi connectivity index (χ4n) is 3.63. The third kappa shape index (κ3) is 4.99. The van der Waals surface area contributed by atoms with Crippen LogP contribution in [0.15, 0.2) is 24.3 Å². The molecule has 0 spiro atoms. The summed E-state index contributed by atoms with van der Waals surface area (Å²) >= 11 is 5.47. The summed E-state index contributed by atoms with van der Waals surface area (Å²) < 4.78 is 0. The monoisotopic (exact) mass is 304 g/mol. The highest BCUT2D eigenvalue weighted by Gasteiger charge is 2.32.